The number of aromatic nitrogens is 1. The van der Waals surface area contributed by atoms with Gasteiger partial charge in [-0.1, -0.05) is 18.2 Å². The third-order valence-electron chi connectivity index (χ3n) is 3.49. The third-order valence-corrected chi connectivity index (χ3v) is 3.49. The van der Waals surface area contributed by atoms with Crippen molar-refractivity contribution in [3.63, 3.8) is 0 Å². The van der Waals surface area contributed by atoms with Crippen LogP contribution >= 0.6 is 0 Å². The molecule has 0 saturated carbocycles. The second kappa shape index (κ2) is 3.11. The number of para-hydroxylation sites is 1. The molecule has 84 valence electrons. The Morgan fingerprint density at radius 3 is 2.81 bits per heavy atom. The highest BCUT2D eigenvalue weighted by molar-refractivity contribution is 5.85. The molecule has 2 heterocycles. The van der Waals surface area contributed by atoms with Crippen molar-refractivity contribution in [2.24, 2.45) is 0 Å². The van der Waals surface area contributed by atoms with Crippen LogP contribution in [0.1, 0.15) is 38.1 Å². The third kappa shape index (κ3) is 1.37. The van der Waals surface area contributed by atoms with Crippen molar-refractivity contribution in [1.29, 1.82) is 0 Å². The number of rotatable bonds is 0. The Bertz CT molecular complexity index is 537. The Hall–Kier alpha value is -1.28. The molecule has 1 aromatic carbocycles. The van der Waals surface area contributed by atoms with E-state index in [0.717, 1.165) is 6.42 Å². The molecule has 1 aliphatic heterocycles. The molecule has 2 heteroatoms. The van der Waals surface area contributed by atoms with Gasteiger partial charge in [-0.05, 0) is 32.4 Å². The molecule has 16 heavy (non-hydrogen) atoms. The van der Waals surface area contributed by atoms with E-state index in [-0.39, 0.29) is 5.54 Å². The van der Waals surface area contributed by atoms with E-state index in [1.54, 1.807) is 0 Å². The monoisotopic (exact) mass is 214 g/mol. The van der Waals surface area contributed by atoms with Crippen LogP contribution in [0, 0.1) is 0 Å². The standard InChI is InChI=1S/C14H18N2/c1-9-13-10-6-4-5-7-11(10)15-12(13)8-14(2,3)16-9/h4-7,9,15-16H,8H2,1-3H3. The van der Waals surface area contributed by atoms with Gasteiger partial charge in [-0.25, -0.2) is 0 Å². The Balaban J connectivity index is 2.25. The highest BCUT2D eigenvalue weighted by Gasteiger charge is 2.31. The van der Waals surface area contributed by atoms with Crippen LogP contribution < -0.4 is 5.32 Å². The number of hydrogen-bond donors (Lipinski definition) is 2. The summed E-state index contributed by atoms with van der Waals surface area (Å²) in [5, 5.41) is 5.04. The molecular weight excluding hydrogens is 196 g/mol. The molecule has 1 unspecified atom stereocenters. The van der Waals surface area contributed by atoms with Crippen molar-refractivity contribution in [3.8, 4) is 0 Å². The minimum absolute atomic E-state index is 0.188. The SMILES string of the molecule is CC1NC(C)(C)Cc2[nH]c3ccccc3c21. The number of nitrogens with one attached hydrogen (secondary N) is 2. The predicted octanol–water partition coefficient (Wildman–Crippen LogP) is 3.15. The zero-order chi connectivity index (χ0) is 11.3. The van der Waals surface area contributed by atoms with Crippen LogP contribution in [0.5, 0.6) is 0 Å². The van der Waals surface area contributed by atoms with Crippen molar-refractivity contribution < 1.29 is 0 Å². The predicted molar refractivity (Wildman–Crippen MR) is 67.6 cm³/mol. The van der Waals surface area contributed by atoms with Crippen molar-refractivity contribution in [2.45, 2.75) is 38.8 Å². The zero-order valence-electron chi connectivity index (χ0n) is 10.1. The first-order chi connectivity index (χ1) is 7.57. The van der Waals surface area contributed by atoms with E-state index in [1.165, 1.54) is 22.2 Å². The number of aromatic amines is 1. The Morgan fingerprint density at radius 2 is 2.00 bits per heavy atom. The van der Waals surface area contributed by atoms with Crippen LogP contribution in [-0.2, 0) is 6.42 Å². The Morgan fingerprint density at radius 1 is 1.25 bits per heavy atom. The summed E-state index contributed by atoms with van der Waals surface area (Å²) >= 11 is 0. The van der Waals surface area contributed by atoms with Gasteiger partial charge in [0.25, 0.3) is 0 Å². The average Bonchev–Trinajstić information content (AvgIpc) is 2.52. The van der Waals surface area contributed by atoms with Crippen molar-refractivity contribution in [1.82, 2.24) is 10.3 Å². The zero-order valence-corrected chi connectivity index (χ0v) is 10.1. The molecule has 0 amide bonds. The highest BCUT2D eigenvalue weighted by Crippen LogP contribution is 2.35. The molecule has 0 bridgehead atoms. The summed E-state index contributed by atoms with van der Waals surface area (Å²) in [7, 11) is 0. The summed E-state index contributed by atoms with van der Waals surface area (Å²) in [6.45, 7) is 6.77. The lowest BCUT2D eigenvalue weighted by molar-refractivity contribution is 0.321. The highest BCUT2D eigenvalue weighted by atomic mass is 15.0. The van der Waals surface area contributed by atoms with Gasteiger partial charge in [0.05, 0.1) is 0 Å². The van der Waals surface area contributed by atoms with Crippen molar-refractivity contribution in [2.75, 3.05) is 0 Å². The summed E-state index contributed by atoms with van der Waals surface area (Å²) in [5.41, 5.74) is 4.30. The van der Waals surface area contributed by atoms with Crippen molar-refractivity contribution in [3.05, 3.63) is 35.5 Å². The fourth-order valence-corrected chi connectivity index (χ4v) is 3.00. The molecule has 2 nitrogen and oxygen atoms in total. The van der Waals surface area contributed by atoms with Gasteiger partial charge >= 0.3 is 0 Å². The first kappa shape index (κ1) is 9.91. The lowest BCUT2D eigenvalue weighted by atomic mass is 9.87. The molecule has 1 atom stereocenters. The molecule has 0 spiro atoms. The topological polar surface area (TPSA) is 27.8 Å². The molecular formula is C14H18N2. The van der Waals surface area contributed by atoms with Crippen LogP contribution in [0.15, 0.2) is 24.3 Å². The Labute approximate surface area is 96.1 Å². The molecule has 2 aromatic rings. The summed E-state index contributed by atoms with van der Waals surface area (Å²) in [4.78, 5) is 3.56. The number of fused-ring (bicyclic) bond motifs is 3. The summed E-state index contributed by atoms with van der Waals surface area (Å²) in [5.74, 6) is 0. The maximum Gasteiger partial charge on any atom is 0.0459 e. The van der Waals surface area contributed by atoms with Crippen LogP contribution in [-0.4, -0.2) is 10.5 Å². The first-order valence-corrected chi connectivity index (χ1v) is 5.94. The Kier molecular flexibility index (Phi) is 1.93. The maximum absolute atomic E-state index is 3.67. The van der Waals surface area contributed by atoms with Gasteiger partial charge in [0, 0.05) is 34.6 Å². The summed E-state index contributed by atoms with van der Waals surface area (Å²) < 4.78 is 0. The van der Waals surface area contributed by atoms with Gasteiger partial charge in [-0.15, -0.1) is 0 Å². The van der Waals surface area contributed by atoms with E-state index in [0.29, 0.717) is 6.04 Å². The molecule has 3 rings (SSSR count). The largest absolute Gasteiger partial charge is 0.358 e. The minimum Gasteiger partial charge on any atom is -0.358 e. The van der Waals surface area contributed by atoms with Gasteiger partial charge in [-0.3, -0.25) is 0 Å². The van der Waals surface area contributed by atoms with E-state index in [2.05, 4.69) is 55.3 Å². The normalized spacial score (nSPS) is 23.3. The van der Waals surface area contributed by atoms with Gasteiger partial charge in [0.15, 0.2) is 0 Å². The first-order valence-electron chi connectivity index (χ1n) is 5.94. The molecule has 0 aliphatic carbocycles. The molecule has 0 saturated heterocycles. The molecule has 0 fully saturated rings. The van der Waals surface area contributed by atoms with Crippen LogP contribution in [0.2, 0.25) is 0 Å². The van der Waals surface area contributed by atoms with Gasteiger partial charge in [0.2, 0.25) is 0 Å². The number of hydrogen-bond acceptors (Lipinski definition) is 1. The molecule has 2 N–H and O–H groups in total. The number of benzene rings is 1. The smallest absolute Gasteiger partial charge is 0.0459 e. The van der Waals surface area contributed by atoms with Gasteiger partial charge in [0.1, 0.15) is 0 Å². The fourth-order valence-electron chi connectivity index (χ4n) is 3.00. The average molecular weight is 214 g/mol. The minimum atomic E-state index is 0.188. The molecule has 0 radical (unpaired) electrons. The second-order valence-electron chi connectivity index (χ2n) is 5.49. The van der Waals surface area contributed by atoms with Gasteiger partial charge in [-0.2, -0.15) is 0 Å². The number of H-pyrrole nitrogens is 1. The van der Waals surface area contributed by atoms with E-state index < -0.39 is 0 Å². The fraction of sp³-hybridized carbons (Fsp3) is 0.429. The van der Waals surface area contributed by atoms with E-state index in [4.69, 9.17) is 0 Å². The molecule has 1 aromatic heterocycles. The van der Waals surface area contributed by atoms with E-state index >= 15 is 0 Å². The van der Waals surface area contributed by atoms with E-state index in [1.807, 2.05) is 0 Å². The summed E-state index contributed by atoms with van der Waals surface area (Å²) in [6, 6.07) is 9.00. The quantitative estimate of drug-likeness (QED) is 0.692. The second-order valence-corrected chi connectivity index (χ2v) is 5.49. The van der Waals surface area contributed by atoms with Crippen LogP contribution in [0.25, 0.3) is 10.9 Å². The lowest BCUT2D eigenvalue weighted by Crippen LogP contribution is -2.46. The van der Waals surface area contributed by atoms with Crippen LogP contribution in [0.3, 0.4) is 0 Å². The van der Waals surface area contributed by atoms with Gasteiger partial charge < -0.3 is 10.3 Å². The molecule has 1 aliphatic rings. The summed E-state index contributed by atoms with van der Waals surface area (Å²) in [6.07, 6.45) is 1.07. The lowest BCUT2D eigenvalue weighted by Gasteiger charge is -2.35. The van der Waals surface area contributed by atoms with Crippen LogP contribution in [0.4, 0.5) is 0 Å². The van der Waals surface area contributed by atoms with Crippen molar-refractivity contribution >= 4 is 10.9 Å². The van der Waals surface area contributed by atoms with E-state index in [9.17, 15) is 0 Å². The maximum atomic E-state index is 3.67.